The van der Waals surface area contributed by atoms with E-state index in [0.717, 1.165) is 19.7 Å². The van der Waals surface area contributed by atoms with Crippen LogP contribution in [0, 0.1) is 0 Å². The van der Waals surface area contributed by atoms with Crippen molar-refractivity contribution in [2.45, 2.75) is 39.3 Å². The maximum Gasteiger partial charge on any atom is 0.0878 e. The molecule has 86 valence electrons. The summed E-state index contributed by atoms with van der Waals surface area (Å²) in [6, 6.07) is 0. The van der Waals surface area contributed by atoms with E-state index in [0.29, 0.717) is 6.10 Å². The standard InChI is InChI=1S/C9H20N2O.C2H6/c1-9(2,10-3)8-7-11(4)5-6-12-8;1-2/h8,10H,5-7H2,1-4H3;1-2H3. The minimum Gasteiger partial charge on any atom is -0.374 e. The zero-order valence-electron chi connectivity index (χ0n) is 10.6. The third-order valence-corrected chi connectivity index (χ3v) is 2.72. The Bertz CT molecular complexity index is 148. The smallest absolute Gasteiger partial charge is 0.0878 e. The Labute approximate surface area is 88.8 Å². The number of morpholine rings is 1. The molecule has 1 atom stereocenters. The van der Waals surface area contributed by atoms with Crippen LogP contribution in [-0.2, 0) is 4.74 Å². The number of rotatable bonds is 2. The molecule has 0 bridgehead atoms. The average molecular weight is 202 g/mol. The predicted molar refractivity (Wildman–Crippen MR) is 61.7 cm³/mol. The molecule has 14 heavy (non-hydrogen) atoms. The number of ether oxygens (including phenoxy) is 1. The summed E-state index contributed by atoms with van der Waals surface area (Å²) in [6.07, 6.45) is 0.307. The summed E-state index contributed by atoms with van der Waals surface area (Å²) in [5, 5.41) is 3.28. The fraction of sp³-hybridized carbons (Fsp3) is 1.00. The molecule has 1 rings (SSSR count). The lowest BCUT2D eigenvalue weighted by atomic mass is 9.96. The molecule has 0 aliphatic carbocycles. The molecule has 0 amide bonds. The Balaban J connectivity index is 0.000000791. The van der Waals surface area contributed by atoms with Gasteiger partial charge in [0.25, 0.3) is 0 Å². The Morgan fingerprint density at radius 1 is 1.36 bits per heavy atom. The number of hydrogen-bond donors (Lipinski definition) is 1. The highest BCUT2D eigenvalue weighted by Crippen LogP contribution is 2.16. The van der Waals surface area contributed by atoms with Crippen molar-refractivity contribution in [3.63, 3.8) is 0 Å². The van der Waals surface area contributed by atoms with Gasteiger partial charge in [-0.25, -0.2) is 0 Å². The molecular weight excluding hydrogens is 176 g/mol. The van der Waals surface area contributed by atoms with Crippen molar-refractivity contribution in [2.24, 2.45) is 0 Å². The molecule has 0 radical (unpaired) electrons. The van der Waals surface area contributed by atoms with Crippen LogP contribution in [0.3, 0.4) is 0 Å². The van der Waals surface area contributed by atoms with E-state index < -0.39 is 0 Å². The van der Waals surface area contributed by atoms with Gasteiger partial charge in [-0.3, -0.25) is 0 Å². The fourth-order valence-electron chi connectivity index (χ4n) is 1.38. The minimum absolute atomic E-state index is 0.0781. The SMILES string of the molecule is CC.CNC(C)(C)C1CN(C)CCO1. The van der Waals surface area contributed by atoms with E-state index in [-0.39, 0.29) is 5.54 Å². The van der Waals surface area contributed by atoms with Crippen LogP contribution in [0.25, 0.3) is 0 Å². The number of nitrogens with zero attached hydrogens (tertiary/aromatic N) is 1. The summed E-state index contributed by atoms with van der Waals surface area (Å²) >= 11 is 0. The van der Waals surface area contributed by atoms with Crippen LogP contribution in [-0.4, -0.2) is 50.3 Å². The zero-order valence-corrected chi connectivity index (χ0v) is 10.6. The molecule has 1 heterocycles. The van der Waals surface area contributed by atoms with E-state index in [9.17, 15) is 0 Å². The van der Waals surface area contributed by atoms with Crippen molar-refractivity contribution < 1.29 is 4.74 Å². The Hall–Kier alpha value is -0.120. The van der Waals surface area contributed by atoms with Gasteiger partial charge in [-0.1, -0.05) is 13.8 Å². The van der Waals surface area contributed by atoms with E-state index in [1.165, 1.54) is 0 Å². The second-order valence-electron chi connectivity index (χ2n) is 4.09. The van der Waals surface area contributed by atoms with Crippen LogP contribution in [0.1, 0.15) is 27.7 Å². The first-order chi connectivity index (χ1) is 6.56. The van der Waals surface area contributed by atoms with Crippen LogP contribution >= 0.6 is 0 Å². The summed E-state index contributed by atoms with van der Waals surface area (Å²) in [7, 11) is 4.12. The molecule has 0 aromatic rings. The van der Waals surface area contributed by atoms with Crippen molar-refractivity contribution >= 4 is 0 Å². The van der Waals surface area contributed by atoms with E-state index in [1.807, 2.05) is 20.9 Å². The molecule has 1 fully saturated rings. The number of hydrogen-bond acceptors (Lipinski definition) is 3. The van der Waals surface area contributed by atoms with E-state index in [1.54, 1.807) is 0 Å². The van der Waals surface area contributed by atoms with Crippen LogP contribution in [0.5, 0.6) is 0 Å². The molecule has 1 saturated heterocycles. The lowest BCUT2D eigenvalue weighted by Gasteiger charge is -2.39. The van der Waals surface area contributed by atoms with E-state index in [4.69, 9.17) is 4.74 Å². The molecular formula is C11H26N2O. The fourth-order valence-corrected chi connectivity index (χ4v) is 1.38. The highest BCUT2D eigenvalue weighted by molar-refractivity contribution is 4.89. The lowest BCUT2D eigenvalue weighted by molar-refractivity contribution is -0.0589. The molecule has 0 aromatic carbocycles. The van der Waals surface area contributed by atoms with Gasteiger partial charge in [0.2, 0.25) is 0 Å². The Kier molecular flexibility index (Phi) is 6.33. The summed E-state index contributed by atoms with van der Waals surface area (Å²) in [6.45, 7) is 11.3. The van der Waals surface area contributed by atoms with Gasteiger partial charge in [-0.2, -0.15) is 0 Å². The van der Waals surface area contributed by atoms with Gasteiger partial charge < -0.3 is 15.0 Å². The van der Waals surface area contributed by atoms with Gasteiger partial charge in [0.1, 0.15) is 0 Å². The van der Waals surface area contributed by atoms with Gasteiger partial charge in [-0.15, -0.1) is 0 Å². The van der Waals surface area contributed by atoms with Crippen LogP contribution in [0.15, 0.2) is 0 Å². The molecule has 1 aliphatic rings. The van der Waals surface area contributed by atoms with Crippen LogP contribution < -0.4 is 5.32 Å². The second kappa shape index (κ2) is 6.38. The Morgan fingerprint density at radius 2 is 1.93 bits per heavy atom. The summed E-state index contributed by atoms with van der Waals surface area (Å²) in [5.74, 6) is 0. The van der Waals surface area contributed by atoms with Crippen molar-refractivity contribution in [1.82, 2.24) is 10.2 Å². The van der Waals surface area contributed by atoms with E-state index >= 15 is 0 Å². The third kappa shape index (κ3) is 3.95. The van der Waals surface area contributed by atoms with Crippen molar-refractivity contribution in [3.05, 3.63) is 0 Å². The highest BCUT2D eigenvalue weighted by atomic mass is 16.5. The largest absolute Gasteiger partial charge is 0.374 e. The summed E-state index contributed by atoms with van der Waals surface area (Å²) < 4.78 is 5.70. The first kappa shape index (κ1) is 13.9. The van der Waals surface area contributed by atoms with Gasteiger partial charge in [-0.05, 0) is 27.9 Å². The average Bonchev–Trinajstić information content (AvgIpc) is 2.21. The zero-order chi connectivity index (χ0) is 11.2. The van der Waals surface area contributed by atoms with Gasteiger partial charge in [0.05, 0.1) is 12.7 Å². The highest BCUT2D eigenvalue weighted by Gasteiger charge is 2.31. The molecule has 1 N–H and O–H groups in total. The maximum atomic E-state index is 5.70. The molecule has 0 aromatic heterocycles. The van der Waals surface area contributed by atoms with E-state index in [2.05, 4.69) is 31.1 Å². The molecule has 1 unspecified atom stereocenters. The number of nitrogens with one attached hydrogen (secondary N) is 1. The maximum absolute atomic E-state index is 5.70. The minimum atomic E-state index is 0.0781. The van der Waals surface area contributed by atoms with Crippen LogP contribution in [0.2, 0.25) is 0 Å². The predicted octanol–water partition coefficient (Wildman–Crippen LogP) is 1.34. The van der Waals surface area contributed by atoms with Crippen molar-refractivity contribution in [1.29, 1.82) is 0 Å². The van der Waals surface area contributed by atoms with Gasteiger partial charge in [0, 0.05) is 18.6 Å². The monoisotopic (exact) mass is 202 g/mol. The lowest BCUT2D eigenvalue weighted by Crippen LogP contribution is -2.56. The van der Waals surface area contributed by atoms with Crippen LogP contribution in [0.4, 0.5) is 0 Å². The first-order valence-electron chi connectivity index (χ1n) is 5.55. The second-order valence-corrected chi connectivity index (χ2v) is 4.09. The molecule has 3 heteroatoms. The topological polar surface area (TPSA) is 24.5 Å². The summed E-state index contributed by atoms with van der Waals surface area (Å²) in [4.78, 5) is 2.31. The van der Waals surface area contributed by atoms with Crippen molar-refractivity contribution in [2.75, 3.05) is 33.8 Å². The summed E-state index contributed by atoms with van der Waals surface area (Å²) in [5.41, 5.74) is 0.0781. The van der Waals surface area contributed by atoms with Gasteiger partial charge >= 0.3 is 0 Å². The van der Waals surface area contributed by atoms with Crippen molar-refractivity contribution in [3.8, 4) is 0 Å². The first-order valence-corrected chi connectivity index (χ1v) is 5.55. The number of likely N-dealkylation sites (N-methyl/N-ethyl adjacent to an activating group) is 2. The molecule has 0 saturated carbocycles. The molecule has 1 aliphatic heterocycles. The molecule has 0 spiro atoms. The quantitative estimate of drug-likeness (QED) is 0.731. The Morgan fingerprint density at radius 3 is 2.36 bits per heavy atom. The normalized spacial score (nSPS) is 24.0. The molecule has 3 nitrogen and oxygen atoms in total. The third-order valence-electron chi connectivity index (χ3n) is 2.72. The van der Waals surface area contributed by atoms with Gasteiger partial charge in [0.15, 0.2) is 0 Å².